The first-order chi connectivity index (χ1) is 10.3. The van der Waals surface area contributed by atoms with Crippen LogP contribution in [0.1, 0.15) is 11.4 Å². The Labute approximate surface area is 119 Å². The van der Waals surface area contributed by atoms with Gasteiger partial charge < -0.3 is 5.32 Å². The van der Waals surface area contributed by atoms with Crippen molar-refractivity contribution < 1.29 is 22.0 Å². The lowest BCUT2D eigenvalue weighted by Gasteiger charge is -2.11. The van der Waals surface area contributed by atoms with Gasteiger partial charge in [0.25, 0.3) is 0 Å². The third-order valence-electron chi connectivity index (χ3n) is 2.42. The third-order valence-corrected chi connectivity index (χ3v) is 2.42. The van der Waals surface area contributed by atoms with E-state index in [1.54, 1.807) is 6.07 Å². The molecule has 0 atom stereocenters. The van der Waals surface area contributed by atoms with E-state index >= 15 is 0 Å². The first-order valence-electron chi connectivity index (χ1n) is 5.49. The minimum Gasteiger partial charge on any atom is -0.358 e. The average Bonchev–Trinajstić information content (AvgIpc) is 2.95. The second-order valence-electron chi connectivity index (χ2n) is 3.86. The maximum absolute atomic E-state index is 13.7. The Kier molecular flexibility index (Phi) is 4.02. The monoisotopic (exact) mass is 316 g/mol. The van der Waals surface area contributed by atoms with Gasteiger partial charge in [-0.3, -0.25) is 0 Å². The van der Waals surface area contributed by atoms with E-state index in [4.69, 9.17) is 5.26 Å². The number of anilines is 1. The Morgan fingerprint density at radius 2 is 2.05 bits per heavy atom. The molecule has 1 heterocycles. The molecule has 0 radical (unpaired) electrons. The third kappa shape index (κ3) is 3.17. The van der Waals surface area contributed by atoms with Gasteiger partial charge >= 0.3 is 6.18 Å². The van der Waals surface area contributed by atoms with Crippen molar-refractivity contribution in [3.63, 3.8) is 0 Å². The summed E-state index contributed by atoms with van der Waals surface area (Å²) in [5, 5.41) is 23.1. The number of hydrogen-bond donors (Lipinski definition) is 2. The van der Waals surface area contributed by atoms with Gasteiger partial charge in [0.15, 0.2) is 5.82 Å². The molecule has 6 nitrogen and oxygen atoms in total. The topological polar surface area (TPSA) is 90.3 Å². The van der Waals surface area contributed by atoms with Crippen molar-refractivity contribution >= 4 is 11.3 Å². The Bertz CT molecular complexity index is 744. The lowest BCUT2D eigenvalue weighted by Crippen LogP contribution is -2.10. The number of hydrogen-bond acceptors (Lipinski definition) is 5. The molecule has 0 amide bonds. The van der Waals surface area contributed by atoms with Gasteiger partial charge in [0.05, 0.1) is 11.3 Å². The molecule has 1 aromatic heterocycles. The molecule has 0 saturated heterocycles. The lowest BCUT2D eigenvalue weighted by atomic mass is 10.1. The highest BCUT2D eigenvalue weighted by Crippen LogP contribution is 2.34. The normalized spacial score (nSPS) is 12.1. The molecule has 0 bridgehead atoms. The van der Waals surface area contributed by atoms with E-state index in [-0.39, 0.29) is 17.5 Å². The van der Waals surface area contributed by atoms with Crippen LogP contribution in [0.15, 0.2) is 18.3 Å². The van der Waals surface area contributed by atoms with Gasteiger partial charge in [0, 0.05) is 12.3 Å². The summed E-state index contributed by atoms with van der Waals surface area (Å²) in [6.07, 6.45) is -4.22. The second kappa shape index (κ2) is 5.76. The molecule has 2 rings (SSSR count). The number of allylic oxidation sites excluding steroid dienone is 1. The van der Waals surface area contributed by atoms with Crippen LogP contribution in [0.25, 0.3) is 5.57 Å². The average molecular weight is 316 g/mol. The van der Waals surface area contributed by atoms with E-state index < -0.39 is 29.1 Å². The molecule has 114 valence electrons. The molecule has 0 saturated carbocycles. The zero-order valence-corrected chi connectivity index (χ0v) is 10.4. The molecule has 11 heteroatoms. The summed E-state index contributed by atoms with van der Waals surface area (Å²) in [7, 11) is 0. The molecule has 0 aliphatic carbocycles. The largest absolute Gasteiger partial charge is 0.419 e. The molecule has 0 aliphatic rings. The van der Waals surface area contributed by atoms with Crippen molar-refractivity contribution in [3.8, 4) is 6.07 Å². The van der Waals surface area contributed by atoms with Gasteiger partial charge in [-0.15, -0.1) is 10.2 Å². The summed E-state index contributed by atoms with van der Waals surface area (Å²) in [6, 6.07) is 2.19. The quantitative estimate of drug-likeness (QED) is 0.670. The Hall–Kier alpha value is -3.03. The van der Waals surface area contributed by atoms with E-state index in [0.29, 0.717) is 6.07 Å². The number of alkyl halides is 3. The molecule has 0 aliphatic heterocycles. The predicted octanol–water partition coefficient (Wildman–Crippen LogP) is 2.47. The van der Waals surface area contributed by atoms with Gasteiger partial charge in [-0.25, -0.2) is 8.78 Å². The highest BCUT2D eigenvalue weighted by molar-refractivity contribution is 5.74. The first kappa shape index (κ1) is 15.4. The maximum atomic E-state index is 13.7. The highest BCUT2D eigenvalue weighted by atomic mass is 19.4. The molecule has 1 aromatic carbocycles. The zero-order valence-electron chi connectivity index (χ0n) is 10.4. The summed E-state index contributed by atoms with van der Waals surface area (Å²) < 4.78 is 64.6. The maximum Gasteiger partial charge on any atom is 0.419 e. The van der Waals surface area contributed by atoms with E-state index in [1.807, 2.05) is 0 Å². The fourth-order valence-corrected chi connectivity index (χ4v) is 1.47. The summed E-state index contributed by atoms with van der Waals surface area (Å²) in [6.45, 7) is 0. The highest BCUT2D eigenvalue weighted by Gasteiger charge is 2.35. The van der Waals surface area contributed by atoms with Crippen molar-refractivity contribution in [2.24, 2.45) is 0 Å². The van der Waals surface area contributed by atoms with E-state index in [2.05, 4.69) is 25.9 Å². The first-order valence-corrected chi connectivity index (χ1v) is 5.49. The number of aromatic amines is 1. The van der Waals surface area contributed by atoms with Crippen LogP contribution in [-0.4, -0.2) is 20.6 Å². The molecular weight excluding hydrogens is 311 g/mol. The zero-order chi connectivity index (χ0) is 16.3. The van der Waals surface area contributed by atoms with Crippen molar-refractivity contribution in [3.05, 3.63) is 41.4 Å². The number of benzene rings is 1. The smallest absolute Gasteiger partial charge is 0.358 e. The Morgan fingerprint density at radius 1 is 1.32 bits per heavy atom. The molecule has 0 fully saturated rings. The van der Waals surface area contributed by atoms with Crippen LogP contribution in [0.2, 0.25) is 0 Å². The number of tetrazole rings is 1. The van der Waals surface area contributed by atoms with Crippen LogP contribution in [0.5, 0.6) is 0 Å². The van der Waals surface area contributed by atoms with Gasteiger partial charge in [0.2, 0.25) is 5.82 Å². The van der Waals surface area contributed by atoms with Crippen LogP contribution in [-0.2, 0) is 6.18 Å². The standard InChI is InChI=1S/C11H5F5N6/c12-6-1-7(11(14,15)16)9(13)8(2-6)18-4-5(3-17)10-19-21-22-20-10/h1-2,4,18H,(H,19,20,21,22). The van der Waals surface area contributed by atoms with E-state index in [0.717, 1.165) is 6.20 Å². The lowest BCUT2D eigenvalue weighted by molar-refractivity contribution is -0.140. The number of H-pyrrole nitrogens is 1. The molecule has 0 spiro atoms. The van der Waals surface area contributed by atoms with Crippen molar-refractivity contribution in [1.29, 1.82) is 5.26 Å². The number of rotatable bonds is 3. The van der Waals surface area contributed by atoms with Crippen molar-refractivity contribution in [2.75, 3.05) is 5.32 Å². The predicted molar refractivity (Wildman–Crippen MR) is 62.8 cm³/mol. The fourth-order valence-electron chi connectivity index (χ4n) is 1.47. The van der Waals surface area contributed by atoms with Crippen LogP contribution in [0.4, 0.5) is 27.6 Å². The summed E-state index contributed by atoms with van der Waals surface area (Å²) in [4.78, 5) is 0. The van der Waals surface area contributed by atoms with Crippen molar-refractivity contribution in [2.45, 2.75) is 6.18 Å². The van der Waals surface area contributed by atoms with Crippen LogP contribution in [0.3, 0.4) is 0 Å². The SMILES string of the molecule is N#CC(=CNc1cc(F)cc(C(F)(F)F)c1F)c1nn[nH]n1. The molecule has 2 aromatic rings. The fraction of sp³-hybridized carbons (Fsp3) is 0.0909. The van der Waals surface area contributed by atoms with Crippen LogP contribution >= 0.6 is 0 Å². The number of nitrogens with one attached hydrogen (secondary N) is 2. The summed E-state index contributed by atoms with van der Waals surface area (Å²) >= 11 is 0. The Balaban J connectivity index is 2.38. The number of halogens is 5. The van der Waals surface area contributed by atoms with Gasteiger partial charge in [-0.05, 0) is 11.3 Å². The molecule has 22 heavy (non-hydrogen) atoms. The number of aromatic nitrogens is 4. The number of nitriles is 1. The van der Waals surface area contributed by atoms with Crippen molar-refractivity contribution in [1.82, 2.24) is 20.6 Å². The summed E-state index contributed by atoms with van der Waals surface area (Å²) in [5.74, 6) is -3.15. The van der Waals surface area contributed by atoms with E-state index in [1.165, 1.54) is 0 Å². The number of nitrogens with zero attached hydrogens (tertiary/aromatic N) is 4. The van der Waals surface area contributed by atoms with Crippen LogP contribution < -0.4 is 5.32 Å². The van der Waals surface area contributed by atoms with E-state index in [9.17, 15) is 22.0 Å². The molecule has 0 unspecified atom stereocenters. The Morgan fingerprint density at radius 3 is 2.59 bits per heavy atom. The van der Waals surface area contributed by atoms with Gasteiger partial charge in [-0.2, -0.15) is 23.6 Å². The molecular formula is C11H5F5N6. The van der Waals surface area contributed by atoms with Gasteiger partial charge in [0.1, 0.15) is 17.5 Å². The second-order valence-corrected chi connectivity index (χ2v) is 3.86. The van der Waals surface area contributed by atoms with Gasteiger partial charge in [-0.1, -0.05) is 0 Å². The minimum atomic E-state index is -5.06. The van der Waals surface area contributed by atoms with Crippen LogP contribution in [0, 0.1) is 23.0 Å². The summed E-state index contributed by atoms with van der Waals surface area (Å²) in [5.41, 5.74) is -2.80. The molecule has 2 N–H and O–H groups in total. The minimum absolute atomic E-state index is 0.0363.